The summed E-state index contributed by atoms with van der Waals surface area (Å²) in [4.78, 5) is 10.8. The van der Waals surface area contributed by atoms with Gasteiger partial charge in [0.15, 0.2) is 0 Å². The predicted octanol–water partition coefficient (Wildman–Crippen LogP) is 3.29. The lowest BCUT2D eigenvalue weighted by molar-refractivity contribution is 0.186. The van der Waals surface area contributed by atoms with Crippen LogP contribution in [0.2, 0.25) is 0 Å². The van der Waals surface area contributed by atoms with Crippen molar-refractivity contribution in [2.75, 3.05) is 7.11 Å². The van der Waals surface area contributed by atoms with Crippen molar-refractivity contribution in [1.82, 2.24) is 14.9 Å². The summed E-state index contributed by atoms with van der Waals surface area (Å²) in [6, 6.07) is 8.65. The highest BCUT2D eigenvalue weighted by atomic mass is 16.5. The van der Waals surface area contributed by atoms with Gasteiger partial charge in [-0.15, -0.1) is 0 Å². The topological polar surface area (TPSA) is 38.2 Å². The van der Waals surface area contributed by atoms with Crippen molar-refractivity contribution >= 4 is 0 Å². The van der Waals surface area contributed by atoms with E-state index in [2.05, 4.69) is 46.9 Å². The van der Waals surface area contributed by atoms with Crippen molar-refractivity contribution in [2.24, 2.45) is 0 Å². The first-order valence-corrected chi connectivity index (χ1v) is 7.34. The fourth-order valence-corrected chi connectivity index (χ4v) is 2.21. The van der Waals surface area contributed by atoms with Gasteiger partial charge in [-0.3, -0.25) is 9.88 Å². The summed E-state index contributed by atoms with van der Waals surface area (Å²) in [7, 11) is 1.64. The molecule has 4 nitrogen and oxygen atoms in total. The van der Waals surface area contributed by atoms with E-state index in [1.54, 1.807) is 7.11 Å². The van der Waals surface area contributed by atoms with Gasteiger partial charge < -0.3 is 4.74 Å². The second-order valence-electron chi connectivity index (χ2n) is 5.23. The highest BCUT2D eigenvalue weighted by molar-refractivity contribution is 5.18. The van der Waals surface area contributed by atoms with Gasteiger partial charge in [0.25, 0.3) is 0 Å². The van der Waals surface area contributed by atoms with Crippen molar-refractivity contribution in [3.05, 3.63) is 54.0 Å². The molecule has 1 atom stereocenters. The van der Waals surface area contributed by atoms with Crippen LogP contribution in [0.15, 0.2) is 42.9 Å². The molecule has 0 saturated carbocycles. The Labute approximate surface area is 126 Å². The lowest BCUT2D eigenvalue weighted by atomic mass is 10.1. The van der Waals surface area contributed by atoms with Gasteiger partial charge in [0.05, 0.1) is 7.11 Å². The summed E-state index contributed by atoms with van der Waals surface area (Å²) in [6.45, 7) is 6.28. The van der Waals surface area contributed by atoms with Crippen LogP contribution in [0.3, 0.4) is 0 Å². The van der Waals surface area contributed by atoms with Gasteiger partial charge in [0.1, 0.15) is 0 Å². The van der Waals surface area contributed by atoms with Gasteiger partial charge in [-0.05, 0) is 36.6 Å². The first-order valence-electron chi connectivity index (χ1n) is 7.34. The zero-order valence-electron chi connectivity index (χ0n) is 13.0. The van der Waals surface area contributed by atoms with Gasteiger partial charge in [-0.1, -0.05) is 13.0 Å². The molecule has 2 aromatic rings. The molecule has 112 valence electrons. The van der Waals surface area contributed by atoms with Gasteiger partial charge in [0.2, 0.25) is 5.88 Å². The van der Waals surface area contributed by atoms with Crippen molar-refractivity contribution in [2.45, 2.75) is 39.4 Å². The molecule has 0 aromatic carbocycles. The molecule has 21 heavy (non-hydrogen) atoms. The Morgan fingerprint density at radius 1 is 1.10 bits per heavy atom. The molecule has 0 amide bonds. The second kappa shape index (κ2) is 7.74. The van der Waals surface area contributed by atoms with Crippen LogP contribution < -0.4 is 4.74 Å². The summed E-state index contributed by atoms with van der Waals surface area (Å²) in [5, 5.41) is 0. The van der Waals surface area contributed by atoms with Crippen LogP contribution in [0.5, 0.6) is 5.88 Å². The van der Waals surface area contributed by atoms with Crippen molar-refractivity contribution in [3.8, 4) is 5.88 Å². The molecule has 0 aliphatic carbocycles. The van der Waals surface area contributed by atoms with Crippen LogP contribution in [0.25, 0.3) is 0 Å². The molecule has 0 N–H and O–H groups in total. The molecule has 0 bridgehead atoms. The summed E-state index contributed by atoms with van der Waals surface area (Å²) < 4.78 is 5.11. The standard InChI is InChI=1S/C17H23N3O/c1-4-14(2)20(12-15-7-9-18-10-8-15)13-16-5-6-17(21-3)19-11-16/h5-11,14H,4,12-13H2,1-3H3. The molecule has 2 aromatic heterocycles. The largest absolute Gasteiger partial charge is 0.481 e. The molecule has 0 fully saturated rings. The average Bonchev–Trinajstić information content (AvgIpc) is 2.55. The number of hydrogen-bond acceptors (Lipinski definition) is 4. The smallest absolute Gasteiger partial charge is 0.212 e. The van der Waals surface area contributed by atoms with Gasteiger partial charge in [0, 0.05) is 43.8 Å². The van der Waals surface area contributed by atoms with E-state index in [1.807, 2.05) is 24.7 Å². The summed E-state index contributed by atoms with van der Waals surface area (Å²) in [5.74, 6) is 0.656. The van der Waals surface area contributed by atoms with Crippen LogP contribution in [0, 0.1) is 0 Å². The molecule has 0 aliphatic heterocycles. The molecule has 0 aliphatic rings. The van der Waals surface area contributed by atoms with Crippen molar-refractivity contribution in [3.63, 3.8) is 0 Å². The average molecular weight is 285 g/mol. The number of ether oxygens (including phenoxy) is 1. The molecule has 0 radical (unpaired) electrons. The quantitative estimate of drug-likeness (QED) is 0.782. The second-order valence-corrected chi connectivity index (χ2v) is 5.23. The molecule has 0 saturated heterocycles. The summed E-state index contributed by atoms with van der Waals surface area (Å²) in [5.41, 5.74) is 2.48. The minimum Gasteiger partial charge on any atom is -0.481 e. The first kappa shape index (κ1) is 15.4. The molecule has 0 spiro atoms. The number of methoxy groups -OCH3 is 1. The zero-order valence-corrected chi connectivity index (χ0v) is 13.0. The summed E-state index contributed by atoms with van der Waals surface area (Å²) >= 11 is 0. The van der Waals surface area contributed by atoms with Crippen LogP contribution >= 0.6 is 0 Å². The number of pyridine rings is 2. The van der Waals surface area contributed by atoms with Crippen LogP contribution in [-0.4, -0.2) is 28.0 Å². The SMILES string of the molecule is CCC(C)N(Cc1ccncc1)Cc1ccc(OC)nc1. The Kier molecular flexibility index (Phi) is 5.69. The minimum absolute atomic E-state index is 0.514. The van der Waals surface area contributed by atoms with Gasteiger partial charge in [-0.2, -0.15) is 0 Å². The Balaban J connectivity index is 2.08. The lowest BCUT2D eigenvalue weighted by Gasteiger charge is -2.28. The Hall–Kier alpha value is -1.94. The maximum Gasteiger partial charge on any atom is 0.212 e. The monoisotopic (exact) mass is 285 g/mol. The third-order valence-electron chi connectivity index (χ3n) is 3.74. The Morgan fingerprint density at radius 3 is 2.38 bits per heavy atom. The van der Waals surface area contributed by atoms with E-state index in [9.17, 15) is 0 Å². The zero-order chi connectivity index (χ0) is 15.1. The number of nitrogens with zero attached hydrogens (tertiary/aromatic N) is 3. The molecule has 4 heteroatoms. The lowest BCUT2D eigenvalue weighted by Crippen LogP contribution is -2.31. The fraction of sp³-hybridized carbons (Fsp3) is 0.412. The predicted molar refractivity (Wildman–Crippen MR) is 84.0 cm³/mol. The van der Waals surface area contributed by atoms with E-state index in [0.717, 1.165) is 19.5 Å². The Bertz CT molecular complexity index is 527. The normalized spacial score (nSPS) is 12.4. The van der Waals surface area contributed by atoms with E-state index in [0.29, 0.717) is 11.9 Å². The number of hydrogen-bond donors (Lipinski definition) is 0. The van der Waals surface area contributed by atoms with Crippen LogP contribution in [0.1, 0.15) is 31.4 Å². The third-order valence-corrected chi connectivity index (χ3v) is 3.74. The first-order chi connectivity index (χ1) is 10.2. The Morgan fingerprint density at radius 2 is 1.81 bits per heavy atom. The fourth-order valence-electron chi connectivity index (χ4n) is 2.21. The maximum atomic E-state index is 5.11. The van der Waals surface area contributed by atoms with E-state index in [1.165, 1.54) is 11.1 Å². The van der Waals surface area contributed by atoms with E-state index >= 15 is 0 Å². The number of aromatic nitrogens is 2. The van der Waals surface area contributed by atoms with Crippen molar-refractivity contribution < 1.29 is 4.74 Å². The van der Waals surface area contributed by atoms with Crippen LogP contribution in [-0.2, 0) is 13.1 Å². The molecule has 2 rings (SSSR count). The number of rotatable bonds is 7. The molecule has 1 unspecified atom stereocenters. The maximum absolute atomic E-state index is 5.11. The van der Waals surface area contributed by atoms with E-state index in [-0.39, 0.29) is 0 Å². The van der Waals surface area contributed by atoms with Crippen molar-refractivity contribution in [1.29, 1.82) is 0 Å². The molecular weight excluding hydrogens is 262 g/mol. The highest BCUT2D eigenvalue weighted by Gasteiger charge is 2.13. The van der Waals surface area contributed by atoms with E-state index in [4.69, 9.17) is 4.74 Å². The molecule has 2 heterocycles. The summed E-state index contributed by atoms with van der Waals surface area (Å²) in [6.07, 6.45) is 6.70. The third kappa shape index (κ3) is 4.53. The van der Waals surface area contributed by atoms with Gasteiger partial charge >= 0.3 is 0 Å². The molecular formula is C17H23N3O. The van der Waals surface area contributed by atoms with Gasteiger partial charge in [-0.25, -0.2) is 4.98 Å². The minimum atomic E-state index is 0.514. The highest BCUT2D eigenvalue weighted by Crippen LogP contribution is 2.15. The van der Waals surface area contributed by atoms with Crippen LogP contribution in [0.4, 0.5) is 0 Å². The van der Waals surface area contributed by atoms with E-state index < -0.39 is 0 Å².